The van der Waals surface area contributed by atoms with Crippen molar-refractivity contribution in [3.05, 3.63) is 12.2 Å². The number of carbonyl (C=O) groups is 1. The Morgan fingerprint density at radius 2 is 1.86 bits per heavy atom. The highest BCUT2D eigenvalue weighted by Crippen LogP contribution is 2.24. The van der Waals surface area contributed by atoms with Crippen LogP contribution in [0.4, 0.5) is 0 Å². The second-order valence-electron chi connectivity index (χ2n) is 4.68. The van der Waals surface area contributed by atoms with Crippen LogP contribution in [-0.2, 0) is 4.79 Å². The van der Waals surface area contributed by atoms with E-state index in [9.17, 15) is 9.90 Å². The van der Waals surface area contributed by atoms with Crippen LogP contribution in [0.15, 0.2) is 12.2 Å². The molecule has 14 heavy (non-hydrogen) atoms. The Labute approximate surface area is 86.0 Å². The zero-order chi connectivity index (χ0) is 10.6. The predicted molar refractivity (Wildman–Crippen MR) is 57.0 cm³/mol. The lowest BCUT2D eigenvalue weighted by atomic mass is 9.88. The van der Waals surface area contributed by atoms with Crippen molar-refractivity contribution in [1.82, 2.24) is 0 Å². The third-order valence-corrected chi connectivity index (χ3v) is 2.77. The maximum Gasteiger partial charge on any atom is 0.186 e. The van der Waals surface area contributed by atoms with Crippen LogP contribution < -0.4 is 0 Å². The molecule has 2 nitrogen and oxygen atoms in total. The van der Waals surface area contributed by atoms with Gasteiger partial charge in [-0.3, -0.25) is 4.79 Å². The van der Waals surface area contributed by atoms with Gasteiger partial charge in [-0.25, -0.2) is 0 Å². The molecule has 0 unspecified atom stereocenters. The van der Waals surface area contributed by atoms with E-state index in [1.54, 1.807) is 6.08 Å². The highest BCUT2D eigenvalue weighted by atomic mass is 16.3. The van der Waals surface area contributed by atoms with Gasteiger partial charge in [0.1, 0.15) is 5.60 Å². The average molecular weight is 196 g/mol. The van der Waals surface area contributed by atoms with Crippen LogP contribution in [0.5, 0.6) is 0 Å². The third-order valence-electron chi connectivity index (χ3n) is 2.77. The summed E-state index contributed by atoms with van der Waals surface area (Å²) in [5, 5.41) is 9.41. The molecule has 1 rings (SSSR count). The Kier molecular flexibility index (Phi) is 3.87. The number of allylic oxidation sites excluding steroid dienone is 1. The van der Waals surface area contributed by atoms with Crippen LogP contribution in [0, 0.1) is 5.92 Å². The monoisotopic (exact) mass is 196 g/mol. The second-order valence-corrected chi connectivity index (χ2v) is 4.68. The minimum absolute atomic E-state index is 0.192. The molecule has 0 aromatic heterocycles. The van der Waals surface area contributed by atoms with E-state index < -0.39 is 5.60 Å². The highest BCUT2D eigenvalue weighted by molar-refractivity contribution is 5.96. The molecule has 0 amide bonds. The van der Waals surface area contributed by atoms with Gasteiger partial charge in [0.15, 0.2) is 5.78 Å². The first kappa shape index (κ1) is 11.4. The van der Waals surface area contributed by atoms with Crippen molar-refractivity contribution in [2.75, 3.05) is 0 Å². The molecular formula is C12H20O2. The van der Waals surface area contributed by atoms with Crippen LogP contribution in [0.1, 0.15) is 46.0 Å². The quantitative estimate of drug-likeness (QED) is 0.704. The van der Waals surface area contributed by atoms with Gasteiger partial charge in [-0.1, -0.05) is 25.3 Å². The van der Waals surface area contributed by atoms with Crippen LogP contribution in [-0.4, -0.2) is 16.5 Å². The van der Waals surface area contributed by atoms with E-state index in [2.05, 4.69) is 0 Å². The van der Waals surface area contributed by atoms with Gasteiger partial charge in [-0.15, -0.1) is 0 Å². The van der Waals surface area contributed by atoms with E-state index in [0.717, 1.165) is 0 Å². The molecule has 0 bridgehead atoms. The minimum atomic E-state index is -1.22. The Hall–Kier alpha value is -0.630. The molecule has 0 heterocycles. The second kappa shape index (κ2) is 4.74. The van der Waals surface area contributed by atoms with E-state index in [0.29, 0.717) is 5.92 Å². The van der Waals surface area contributed by atoms with E-state index in [1.807, 2.05) is 6.08 Å². The summed E-state index contributed by atoms with van der Waals surface area (Å²) >= 11 is 0. The smallest absolute Gasteiger partial charge is 0.186 e. The average Bonchev–Trinajstić information content (AvgIpc) is 2.14. The predicted octanol–water partition coefficient (Wildman–Crippen LogP) is 2.46. The van der Waals surface area contributed by atoms with Gasteiger partial charge in [0.25, 0.3) is 0 Å². The van der Waals surface area contributed by atoms with Crippen LogP contribution in [0.3, 0.4) is 0 Å². The number of hydrogen-bond acceptors (Lipinski definition) is 2. The fourth-order valence-corrected chi connectivity index (χ4v) is 1.75. The maximum atomic E-state index is 11.4. The Morgan fingerprint density at radius 1 is 1.29 bits per heavy atom. The number of ketones is 1. The van der Waals surface area contributed by atoms with Crippen LogP contribution in [0.25, 0.3) is 0 Å². The van der Waals surface area contributed by atoms with Crippen molar-refractivity contribution < 1.29 is 9.90 Å². The molecule has 0 aromatic rings. The Morgan fingerprint density at radius 3 is 2.36 bits per heavy atom. The molecule has 80 valence electrons. The Bertz CT molecular complexity index is 217. The summed E-state index contributed by atoms with van der Waals surface area (Å²) in [5.41, 5.74) is -1.22. The Balaban J connectivity index is 2.42. The molecule has 0 radical (unpaired) electrons. The molecule has 1 N–H and O–H groups in total. The molecule has 1 aliphatic carbocycles. The van der Waals surface area contributed by atoms with Crippen molar-refractivity contribution in [2.24, 2.45) is 5.92 Å². The summed E-state index contributed by atoms with van der Waals surface area (Å²) in [5.74, 6) is 0.359. The summed E-state index contributed by atoms with van der Waals surface area (Å²) in [7, 11) is 0. The molecule has 0 atom stereocenters. The first-order valence-corrected chi connectivity index (χ1v) is 5.45. The lowest BCUT2D eigenvalue weighted by Gasteiger charge is -2.18. The largest absolute Gasteiger partial charge is 0.382 e. The fourth-order valence-electron chi connectivity index (χ4n) is 1.75. The number of carbonyl (C=O) groups excluding carboxylic acids is 1. The zero-order valence-corrected chi connectivity index (χ0v) is 9.12. The summed E-state index contributed by atoms with van der Waals surface area (Å²) in [4.78, 5) is 11.4. The summed E-state index contributed by atoms with van der Waals surface area (Å²) < 4.78 is 0. The van der Waals surface area contributed by atoms with Gasteiger partial charge in [0, 0.05) is 0 Å². The number of aliphatic hydroxyl groups is 1. The molecular weight excluding hydrogens is 176 g/mol. The molecule has 0 spiro atoms. The zero-order valence-electron chi connectivity index (χ0n) is 9.12. The lowest BCUT2D eigenvalue weighted by Crippen LogP contribution is -2.29. The minimum Gasteiger partial charge on any atom is -0.382 e. The van der Waals surface area contributed by atoms with Gasteiger partial charge in [0.05, 0.1) is 0 Å². The van der Waals surface area contributed by atoms with Gasteiger partial charge in [-0.05, 0) is 38.7 Å². The first-order chi connectivity index (χ1) is 6.50. The molecule has 1 fully saturated rings. The molecule has 0 aromatic carbocycles. The first-order valence-electron chi connectivity index (χ1n) is 5.45. The molecule has 0 saturated heterocycles. The van der Waals surface area contributed by atoms with Gasteiger partial charge < -0.3 is 5.11 Å². The number of hydrogen-bond donors (Lipinski definition) is 1. The molecule has 0 aliphatic heterocycles. The molecule has 1 aliphatic rings. The normalized spacial score (nSPS) is 20.2. The van der Waals surface area contributed by atoms with Crippen molar-refractivity contribution in [3.8, 4) is 0 Å². The topological polar surface area (TPSA) is 37.3 Å². The van der Waals surface area contributed by atoms with E-state index in [-0.39, 0.29) is 5.78 Å². The van der Waals surface area contributed by atoms with Crippen molar-refractivity contribution in [3.63, 3.8) is 0 Å². The van der Waals surface area contributed by atoms with Crippen LogP contribution >= 0.6 is 0 Å². The summed E-state index contributed by atoms with van der Waals surface area (Å²) in [6, 6.07) is 0. The van der Waals surface area contributed by atoms with E-state index >= 15 is 0 Å². The van der Waals surface area contributed by atoms with Crippen LogP contribution in [0.2, 0.25) is 0 Å². The van der Waals surface area contributed by atoms with Gasteiger partial charge in [-0.2, -0.15) is 0 Å². The van der Waals surface area contributed by atoms with Crippen molar-refractivity contribution in [1.29, 1.82) is 0 Å². The molecule has 2 heteroatoms. The fraction of sp³-hybridized carbons (Fsp3) is 0.750. The third kappa shape index (κ3) is 3.62. The number of rotatable bonds is 3. The summed E-state index contributed by atoms with van der Waals surface area (Å²) in [6.45, 7) is 3.06. The van der Waals surface area contributed by atoms with Gasteiger partial charge in [0.2, 0.25) is 0 Å². The lowest BCUT2D eigenvalue weighted by molar-refractivity contribution is -0.128. The summed E-state index contributed by atoms with van der Waals surface area (Å²) in [6.07, 6.45) is 9.77. The standard InChI is InChI=1S/C12H20O2/c1-12(2,14)11(13)9-8-10-6-4-3-5-7-10/h8-10,14H,3-7H2,1-2H3/b9-8+. The van der Waals surface area contributed by atoms with Gasteiger partial charge >= 0.3 is 0 Å². The highest BCUT2D eigenvalue weighted by Gasteiger charge is 2.21. The maximum absolute atomic E-state index is 11.4. The van der Waals surface area contributed by atoms with Crippen molar-refractivity contribution in [2.45, 2.75) is 51.6 Å². The SMILES string of the molecule is CC(C)(O)C(=O)/C=C/C1CCCCC1. The molecule has 1 saturated carbocycles. The van der Waals surface area contributed by atoms with Crippen molar-refractivity contribution >= 4 is 5.78 Å². The van der Waals surface area contributed by atoms with E-state index in [4.69, 9.17) is 0 Å². The van der Waals surface area contributed by atoms with E-state index in [1.165, 1.54) is 46.0 Å².